The molecule has 0 saturated carbocycles. The average Bonchev–Trinajstić information content (AvgIpc) is 1.38. The molecule has 5 unspecified atom stereocenters. The number of likely N-dealkylation sites (tertiary alicyclic amines) is 1. The highest BCUT2D eigenvalue weighted by molar-refractivity contribution is 6.80. The topological polar surface area (TPSA) is 9.72 Å². The molecule has 0 bridgehead atoms. The lowest BCUT2D eigenvalue weighted by Crippen LogP contribution is -2.55. The van der Waals surface area contributed by atoms with Gasteiger partial charge in [0.05, 0.1) is 0 Å². The monoisotopic (exact) mass is 1290 g/mol. The van der Waals surface area contributed by atoms with E-state index < -0.39 is 0 Å². The maximum absolute atomic E-state index is 3.09. The van der Waals surface area contributed by atoms with Crippen molar-refractivity contribution >= 4 is 281 Å². The van der Waals surface area contributed by atoms with E-state index in [1.165, 1.54) is 85.0 Å². The zero-order valence-corrected chi connectivity index (χ0v) is 57.5. The van der Waals surface area contributed by atoms with Crippen LogP contribution in [0.5, 0.6) is 0 Å². The highest BCUT2D eigenvalue weighted by Gasteiger charge is 2.81. The van der Waals surface area contributed by atoms with Gasteiger partial charge < -0.3 is 9.80 Å². The van der Waals surface area contributed by atoms with Crippen LogP contribution in [0, 0.1) is 0 Å². The largest absolute Gasteiger partial charge is 0.372 e. The molecule has 1 heterocycles. The maximum Gasteiger partial charge on any atom is 0.0461 e. The molecule has 3 nitrogen and oxygen atoms in total. The molecule has 470 valence electrons. The van der Waals surface area contributed by atoms with E-state index in [0.717, 1.165) is 45.6 Å². The standard InChI is InChI=1S/C99H59N3/c1-6-10-22-101(23-11-7-2)37-18-14-32(15-19-37)26-34-28-35(27-33-16-20-38(21-17-33)102(24-12-8-3)25-13-9-4)30-36(29-34)97-99-95-88-80-68-60-51-42-40-39-41-45(42)54-61-59-50(41)52-48-43(39)46-47-44(40)49-53(51)66(68)74-72-58(49)56(47)64-63-55(46)57(48)71-73-65(52)67(59)79-81-69(61)70(62(54)60)82(80)91(95)90(81)93-86(79)84(73)87-77(71)75(63)83-76(64)78(72)89(85(74)88)96(99)92(83)94(87)98(93,99)31-100(97)5/h14-21,28-30,94-95,97H,6-13,22-27,31H2,1-5H3. The van der Waals surface area contributed by atoms with E-state index in [1.54, 1.807) is 292 Å². The summed E-state index contributed by atoms with van der Waals surface area (Å²) in [6.45, 7) is 15.0. The first-order valence-corrected chi connectivity index (χ1v) is 40.0. The van der Waals surface area contributed by atoms with Gasteiger partial charge in [0.2, 0.25) is 0 Å². The quantitative estimate of drug-likeness (QED) is 0.0747. The molecule has 0 radical (unpaired) electrons. The molecule has 1 aliphatic heterocycles. The molecule has 0 amide bonds. The zero-order chi connectivity index (χ0) is 64.2. The van der Waals surface area contributed by atoms with Crippen molar-refractivity contribution in [1.29, 1.82) is 0 Å². The Hall–Kier alpha value is -10.1. The van der Waals surface area contributed by atoms with Crippen molar-refractivity contribution in [2.24, 2.45) is 0 Å². The molecular formula is C99H59N3. The molecule has 2 spiro atoms. The van der Waals surface area contributed by atoms with E-state index in [0.29, 0.717) is 0 Å². The number of nitrogens with zero attached hydrogens (tertiary/aromatic N) is 3. The van der Waals surface area contributed by atoms with Crippen molar-refractivity contribution in [2.75, 3.05) is 49.6 Å². The van der Waals surface area contributed by atoms with E-state index in [-0.39, 0.29) is 28.7 Å². The van der Waals surface area contributed by atoms with Crippen molar-refractivity contribution in [1.82, 2.24) is 4.90 Å². The van der Waals surface area contributed by atoms with Crippen LogP contribution < -0.4 is 9.80 Å². The summed E-state index contributed by atoms with van der Waals surface area (Å²) in [5.41, 5.74) is 20.6. The van der Waals surface area contributed by atoms with Gasteiger partial charge >= 0.3 is 0 Å². The number of likely N-dealkylation sites (N-methyl/N-ethyl adjacent to an activating group) is 1. The first-order chi connectivity index (χ1) is 50.5. The number of hydrogen-bond acceptors (Lipinski definition) is 3. The predicted octanol–water partition coefficient (Wildman–Crippen LogP) is 25.6. The second-order valence-corrected chi connectivity index (χ2v) is 36.3. The molecule has 0 N–H and O–H groups in total. The summed E-state index contributed by atoms with van der Waals surface area (Å²) in [7, 11) is 2.68. The number of unbranched alkanes of at least 4 members (excludes halogenated alkanes) is 4. The smallest absolute Gasteiger partial charge is 0.0461 e. The highest BCUT2D eigenvalue weighted by atomic mass is 15.2. The predicted molar refractivity (Wildman–Crippen MR) is 435 cm³/mol. The summed E-state index contributed by atoms with van der Waals surface area (Å²) in [4.78, 5) is 8.45. The van der Waals surface area contributed by atoms with Crippen molar-refractivity contribution < 1.29 is 0 Å². The van der Waals surface area contributed by atoms with Gasteiger partial charge in [-0.25, -0.2) is 0 Å². The van der Waals surface area contributed by atoms with Crippen LogP contribution in [-0.2, 0) is 23.7 Å². The normalized spacial score (nSPS) is 21.8. The molecule has 5 atom stereocenters. The second kappa shape index (κ2) is 13.3. The molecule has 0 aromatic heterocycles. The Kier molecular flexibility index (Phi) is 6.26. The molecule has 36 rings (SSSR count). The zero-order valence-electron chi connectivity index (χ0n) is 57.5. The minimum Gasteiger partial charge on any atom is -0.372 e. The van der Waals surface area contributed by atoms with Crippen LogP contribution in [0.2, 0.25) is 0 Å². The van der Waals surface area contributed by atoms with Gasteiger partial charge in [0.25, 0.3) is 0 Å². The molecule has 29 aromatic rings. The Morgan fingerprint density at radius 3 is 0.931 bits per heavy atom. The summed E-state index contributed by atoms with van der Waals surface area (Å²) in [6.07, 6.45) is 11.7. The van der Waals surface area contributed by atoms with E-state index >= 15 is 0 Å². The van der Waals surface area contributed by atoms with Crippen molar-refractivity contribution in [3.63, 3.8) is 0 Å². The van der Waals surface area contributed by atoms with Gasteiger partial charge in [0.15, 0.2) is 0 Å². The summed E-state index contributed by atoms with van der Waals surface area (Å²) in [6, 6.07) is 28.5. The third kappa shape index (κ3) is 3.58. The van der Waals surface area contributed by atoms with Gasteiger partial charge in [0, 0.05) is 72.8 Å². The Balaban J connectivity index is 0.742. The number of hydrogen-bond donors (Lipinski definition) is 0. The van der Waals surface area contributed by atoms with Crippen molar-refractivity contribution in [2.45, 2.75) is 121 Å². The Bertz CT molecular complexity index is 8690. The van der Waals surface area contributed by atoms with Gasteiger partial charge in [-0.2, -0.15) is 0 Å². The molecule has 3 heteroatoms. The molecule has 7 aliphatic rings. The van der Waals surface area contributed by atoms with E-state index in [2.05, 4.69) is 116 Å². The lowest BCUT2D eigenvalue weighted by molar-refractivity contribution is 0.199. The van der Waals surface area contributed by atoms with E-state index in [4.69, 9.17) is 0 Å². The minimum atomic E-state index is -0.303. The van der Waals surface area contributed by atoms with Crippen LogP contribution >= 0.6 is 0 Å². The lowest BCUT2D eigenvalue weighted by atomic mass is 9.44. The second-order valence-electron chi connectivity index (χ2n) is 36.3. The number of benzene rings is 19. The lowest BCUT2D eigenvalue weighted by Gasteiger charge is -2.56. The third-order valence-electron chi connectivity index (χ3n) is 33.4. The highest BCUT2D eigenvalue weighted by Crippen LogP contribution is 2.90. The average molecular weight is 1290 g/mol. The summed E-state index contributed by atoms with van der Waals surface area (Å²) in [5.74, 6) is 0.477. The van der Waals surface area contributed by atoms with Crippen LogP contribution in [0.15, 0.2) is 66.7 Å². The first kappa shape index (κ1) is 47.9. The fourth-order valence-electron chi connectivity index (χ4n) is 31.7. The van der Waals surface area contributed by atoms with Gasteiger partial charge in [-0.05, 0) is 400 Å². The molecule has 6 aliphatic carbocycles. The molecule has 1 saturated heterocycles. The van der Waals surface area contributed by atoms with Crippen LogP contribution in [0.1, 0.15) is 158 Å². The van der Waals surface area contributed by atoms with Crippen LogP contribution in [-0.4, -0.2) is 44.7 Å². The van der Waals surface area contributed by atoms with Crippen LogP contribution in [0.3, 0.4) is 0 Å². The Morgan fingerprint density at radius 1 is 0.294 bits per heavy atom. The maximum atomic E-state index is 3.09. The Labute approximate surface area is 579 Å². The van der Waals surface area contributed by atoms with Gasteiger partial charge in [-0.15, -0.1) is 0 Å². The molecule has 29 aromatic carbocycles. The fourth-order valence-corrected chi connectivity index (χ4v) is 31.7. The molecule has 102 heavy (non-hydrogen) atoms. The van der Waals surface area contributed by atoms with Gasteiger partial charge in [0.1, 0.15) is 0 Å². The molecule has 1 fully saturated rings. The SMILES string of the molecule is CCCCN(CCCC)c1ccc(Cc2cc(Cc3ccc(N(CCCC)CCCC)cc3)cc(C3N(C)CC45c6c7c8c9c%10c%11c%12c%13c(c%14c%15c%16c%17c(c%18c6c6c7c7c9c9c%19c%10c%10c%12c%12c%13c%15c%13c%16c%15c%16c%17c%18c%17c6c6c7c9c7c9c%19c%10c%10c%12c%13c%12c%15c%13c%16c%17c6c7c%13c9c%10%12)C%144)C35C8%11)c2)cc1. The molecular weight excluding hydrogens is 1230 g/mol. The third-order valence-corrected chi connectivity index (χ3v) is 33.4. The summed E-state index contributed by atoms with van der Waals surface area (Å²) in [5, 5.41) is 84.7. The van der Waals surface area contributed by atoms with Crippen molar-refractivity contribution in [3.8, 4) is 0 Å². The van der Waals surface area contributed by atoms with Gasteiger partial charge in [-0.1, -0.05) is 95.8 Å². The van der Waals surface area contributed by atoms with Crippen LogP contribution in [0.4, 0.5) is 11.4 Å². The van der Waals surface area contributed by atoms with E-state index in [1.807, 2.05) is 16.7 Å². The van der Waals surface area contributed by atoms with Gasteiger partial charge in [-0.3, -0.25) is 4.90 Å². The Morgan fingerprint density at radius 2 is 0.569 bits per heavy atom. The fraction of sp³-hybridized carbons (Fsp3) is 0.253. The first-order valence-electron chi connectivity index (χ1n) is 40.0. The van der Waals surface area contributed by atoms with E-state index in [9.17, 15) is 0 Å². The minimum absolute atomic E-state index is 0.121. The summed E-state index contributed by atoms with van der Waals surface area (Å²) >= 11 is 0. The van der Waals surface area contributed by atoms with Crippen molar-refractivity contribution in [3.05, 3.63) is 128 Å². The number of rotatable bonds is 19. The number of anilines is 2. The summed E-state index contributed by atoms with van der Waals surface area (Å²) < 4.78 is 0. The van der Waals surface area contributed by atoms with Crippen LogP contribution in [0.25, 0.3) is 269 Å².